The SMILES string of the molecule is Cc1cc(C(F)(F)F)ccc1C(=O)C1CCCCCC1N. The fraction of sp³-hybridized carbons (Fsp3) is 0.562. The lowest BCUT2D eigenvalue weighted by Crippen LogP contribution is -2.35. The van der Waals surface area contributed by atoms with Crippen LogP contribution in [0.3, 0.4) is 0 Å². The second-order valence-corrected chi connectivity index (χ2v) is 5.80. The summed E-state index contributed by atoms with van der Waals surface area (Å²) < 4.78 is 38.0. The van der Waals surface area contributed by atoms with Crippen molar-refractivity contribution in [2.75, 3.05) is 0 Å². The third kappa shape index (κ3) is 3.64. The van der Waals surface area contributed by atoms with Crippen molar-refractivity contribution in [3.05, 3.63) is 34.9 Å². The van der Waals surface area contributed by atoms with Crippen molar-refractivity contribution in [2.24, 2.45) is 11.7 Å². The maximum atomic E-state index is 12.7. The van der Waals surface area contributed by atoms with Gasteiger partial charge in [0, 0.05) is 17.5 Å². The van der Waals surface area contributed by atoms with E-state index in [1.165, 1.54) is 6.07 Å². The van der Waals surface area contributed by atoms with Gasteiger partial charge in [0.25, 0.3) is 0 Å². The highest BCUT2D eigenvalue weighted by atomic mass is 19.4. The minimum absolute atomic E-state index is 0.115. The van der Waals surface area contributed by atoms with Crippen LogP contribution in [0, 0.1) is 12.8 Å². The molecule has 5 heteroatoms. The molecule has 1 fully saturated rings. The average Bonchev–Trinajstić information content (AvgIpc) is 2.61. The highest BCUT2D eigenvalue weighted by Crippen LogP contribution is 2.32. The summed E-state index contributed by atoms with van der Waals surface area (Å²) in [4.78, 5) is 12.6. The van der Waals surface area contributed by atoms with Crippen LogP contribution in [0.15, 0.2) is 18.2 Å². The monoisotopic (exact) mass is 299 g/mol. The first-order valence-corrected chi connectivity index (χ1v) is 7.28. The van der Waals surface area contributed by atoms with Crippen LogP contribution in [0.2, 0.25) is 0 Å². The van der Waals surface area contributed by atoms with Gasteiger partial charge < -0.3 is 5.73 Å². The van der Waals surface area contributed by atoms with E-state index in [4.69, 9.17) is 5.73 Å². The molecule has 0 aromatic heterocycles. The molecule has 2 atom stereocenters. The predicted molar refractivity (Wildman–Crippen MR) is 75.1 cm³/mol. The zero-order valence-electron chi connectivity index (χ0n) is 12.0. The largest absolute Gasteiger partial charge is 0.416 e. The summed E-state index contributed by atoms with van der Waals surface area (Å²) in [6.07, 6.45) is 0.159. The van der Waals surface area contributed by atoms with E-state index in [0.717, 1.165) is 44.2 Å². The van der Waals surface area contributed by atoms with Gasteiger partial charge in [-0.2, -0.15) is 13.2 Å². The number of benzene rings is 1. The van der Waals surface area contributed by atoms with Gasteiger partial charge in [-0.1, -0.05) is 25.3 Å². The summed E-state index contributed by atoms with van der Waals surface area (Å²) in [6.45, 7) is 1.55. The number of carbonyl (C=O) groups is 1. The van der Waals surface area contributed by atoms with E-state index in [0.29, 0.717) is 11.1 Å². The molecule has 0 aliphatic heterocycles. The van der Waals surface area contributed by atoms with E-state index in [1.807, 2.05) is 0 Å². The van der Waals surface area contributed by atoms with Crippen molar-refractivity contribution in [3.8, 4) is 0 Å². The van der Waals surface area contributed by atoms with Crippen molar-refractivity contribution >= 4 is 5.78 Å². The summed E-state index contributed by atoms with van der Waals surface area (Å²) >= 11 is 0. The van der Waals surface area contributed by atoms with Gasteiger partial charge in [-0.3, -0.25) is 4.79 Å². The summed E-state index contributed by atoms with van der Waals surface area (Å²) in [5.41, 5.74) is 6.08. The van der Waals surface area contributed by atoms with Gasteiger partial charge in [-0.15, -0.1) is 0 Å². The first-order valence-electron chi connectivity index (χ1n) is 7.28. The molecule has 0 bridgehead atoms. The van der Waals surface area contributed by atoms with E-state index >= 15 is 0 Å². The Morgan fingerprint density at radius 3 is 2.48 bits per heavy atom. The van der Waals surface area contributed by atoms with Crippen molar-refractivity contribution in [1.82, 2.24) is 0 Å². The fourth-order valence-electron chi connectivity index (χ4n) is 2.98. The highest BCUT2D eigenvalue weighted by Gasteiger charge is 2.32. The third-order valence-corrected chi connectivity index (χ3v) is 4.23. The van der Waals surface area contributed by atoms with Gasteiger partial charge >= 0.3 is 6.18 Å². The van der Waals surface area contributed by atoms with Crippen molar-refractivity contribution < 1.29 is 18.0 Å². The Labute approximate surface area is 122 Å². The van der Waals surface area contributed by atoms with Gasteiger partial charge in [0.05, 0.1) is 5.56 Å². The van der Waals surface area contributed by atoms with Gasteiger partial charge in [0.2, 0.25) is 0 Å². The number of halogens is 3. The summed E-state index contributed by atoms with van der Waals surface area (Å²) in [5.74, 6) is -0.390. The Morgan fingerprint density at radius 2 is 1.86 bits per heavy atom. The lowest BCUT2D eigenvalue weighted by atomic mass is 9.86. The lowest BCUT2D eigenvalue weighted by Gasteiger charge is -2.21. The zero-order chi connectivity index (χ0) is 15.6. The Bertz CT molecular complexity index is 525. The van der Waals surface area contributed by atoms with Crippen molar-refractivity contribution in [1.29, 1.82) is 0 Å². The molecule has 1 aliphatic carbocycles. The Kier molecular flexibility index (Phi) is 4.71. The predicted octanol–water partition coefficient (Wildman–Crippen LogP) is 4.10. The standard InChI is InChI=1S/C16H20F3NO/c1-10-9-11(16(17,18)19)7-8-12(10)15(21)13-5-3-2-4-6-14(13)20/h7-9,13-14H,2-6,20H2,1H3. The molecule has 0 spiro atoms. The van der Waals surface area contributed by atoms with Crippen molar-refractivity contribution in [3.63, 3.8) is 0 Å². The van der Waals surface area contributed by atoms with Gasteiger partial charge in [0.1, 0.15) is 0 Å². The van der Waals surface area contributed by atoms with Crippen LogP contribution in [0.5, 0.6) is 0 Å². The number of aryl methyl sites for hydroxylation is 1. The maximum absolute atomic E-state index is 12.7. The topological polar surface area (TPSA) is 43.1 Å². The molecule has 2 rings (SSSR count). The summed E-state index contributed by atoms with van der Waals surface area (Å²) in [7, 11) is 0. The smallest absolute Gasteiger partial charge is 0.327 e. The molecule has 0 saturated heterocycles. The minimum Gasteiger partial charge on any atom is -0.327 e. The number of ketones is 1. The number of Topliss-reactive ketones (excluding diaryl/α,β-unsaturated/α-hetero) is 1. The van der Waals surface area contributed by atoms with Crippen LogP contribution in [-0.2, 0) is 6.18 Å². The van der Waals surface area contributed by atoms with Crippen molar-refractivity contribution in [2.45, 2.75) is 51.2 Å². The molecule has 0 radical (unpaired) electrons. The number of rotatable bonds is 2. The second kappa shape index (κ2) is 6.18. The molecule has 1 aliphatic rings. The molecule has 116 valence electrons. The minimum atomic E-state index is -4.38. The Morgan fingerprint density at radius 1 is 1.19 bits per heavy atom. The number of nitrogens with two attached hydrogens (primary N) is 1. The number of alkyl halides is 3. The molecular weight excluding hydrogens is 279 g/mol. The maximum Gasteiger partial charge on any atom is 0.416 e. The molecule has 2 nitrogen and oxygen atoms in total. The third-order valence-electron chi connectivity index (χ3n) is 4.23. The number of hydrogen-bond donors (Lipinski definition) is 1. The molecule has 1 aromatic rings. The molecule has 2 unspecified atom stereocenters. The molecule has 0 heterocycles. The van der Waals surface area contributed by atoms with Crippen LogP contribution in [0.4, 0.5) is 13.2 Å². The average molecular weight is 299 g/mol. The summed E-state index contributed by atoms with van der Waals surface area (Å²) in [5, 5.41) is 0. The van der Waals surface area contributed by atoms with E-state index in [1.54, 1.807) is 6.92 Å². The summed E-state index contributed by atoms with van der Waals surface area (Å²) in [6, 6.07) is 3.11. The van der Waals surface area contributed by atoms with Crippen LogP contribution in [-0.4, -0.2) is 11.8 Å². The number of carbonyl (C=O) groups excluding carboxylic acids is 1. The lowest BCUT2D eigenvalue weighted by molar-refractivity contribution is -0.137. The quantitative estimate of drug-likeness (QED) is 0.660. The van der Waals surface area contributed by atoms with E-state index in [9.17, 15) is 18.0 Å². The molecule has 1 aromatic carbocycles. The Balaban J connectivity index is 2.26. The van der Waals surface area contributed by atoms with E-state index in [2.05, 4.69) is 0 Å². The van der Waals surface area contributed by atoms with Crippen LogP contribution < -0.4 is 5.73 Å². The van der Waals surface area contributed by atoms with Gasteiger partial charge in [-0.05, 0) is 37.5 Å². The van der Waals surface area contributed by atoms with Crippen LogP contribution >= 0.6 is 0 Å². The number of hydrogen-bond acceptors (Lipinski definition) is 2. The molecule has 1 saturated carbocycles. The molecular formula is C16H20F3NO. The first-order chi connectivity index (χ1) is 9.80. The van der Waals surface area contributed by atoms with Crippen LogP contribution in [0.25, 0.3) is 0 Å². The van der Waals surface area contributed by atoms with Gasteiger partial charge in [-0.25, -0.2) is 0 Å². The first kappa shape index (κ1) is 16.0. The normalized spacial score (nSPS) is 23.7. The molecule has 0 amide bonds. The van der Waals surface area contributed by atoms with E-state index in [-0.39, 0.29) is 17.7 Å². The van der Waals surface area contributed by atoms with Crippen LogP contribution in [0.1, 0.15) is 53.6 Å². The molecule has 2 N–H and O–H groups in total. The fourth-order valence-corrected chi connectivity index (χ4v) is 2.98. The highest BCUT2D eigenvalue weighted by molar-refractivity contribution is 5.99. The zero-order valence-corrected chi connectivity index (χ0v) is 12.0. The Hall–Kier alpha value is -1.36. The second-order valence-electron chi connectivity index (χ2n) is 5.80. The van der Waals surface area contributed by atoms with Gasteiger partial charge in [0.15, 0.2) is 5.78 Å². The molecule has 21 heavy (non-hydrogen) atoms. The van der Waals surface area contributed by atoms with E-state index < -0.39 is 11.7 Å².